The summed E-state index contributed by atoms with van der Waals surface area (Å²) in [5.74, 6) is 0.192. The van der Waals surface area contributed by atoms with Crippen LogP contribution in [0.1, 0.15) is 18.2 Å². The normalized spacial score (nSPS) is 12.9. The largest absolute Gasteiger partial charge is 0.387 e. The third-order valence-corrected chi connectivity index (χ3v) is 1.75. The van der Waals surface area contributed by atoms with Crippen LogP contribution in [-0.4, -0.2) is 15.8 Å². The van der Waals surface area contributed by atoms with Gasteiger partial charge < -0.3 is 5.11 Å². The maximum atomic E-state index is 12.4. The molecule has 0 aliphatic heterocycles. The van der Waals surface area contributed by atoms with Crippen LogP contribution in [-0.2, 0) is 0 Å². The number of aliphatic hydroxyl groups excluding tert-OH is 1. The number of halogens is 1. The zero-order valence-corrected chi connectivity index (χ0v) is 7.34. The van der Waals surface area contributed by atoms with E-state index in [1.165, 1.54) is 12.1 Å². The molecule has 12 heavy (non-hydrogen) atoms. The minimum Gasteiger partial charge on any atom is -0.387 e. The van der Waals surface area contributed by atoms with Crippen LogP contribution in [0.25, 0.3) is 0 Å². The number of nitrogens with zero attached hydrogens (tertiary/aromatic N) is 1. The van der Waals surface area contributed by atoms with Gasteiger partial charge in [-0.1, -0.05) is 0 Å². The van der Waals surface area contributed by atoms with Gasteiger partial charge in [0.15, 0.2) is 0 Å². The van der Waals surface area contributed by atoms with Gasteiger partial charge >= 0.3 is 0 Å². The zero-order valence-electron chi connectivity index (χ0n) is 6.44. The van der Waals surface area contributed by atoms with Crippen molar-refractivity contribution in [1.29, 1.82) is 0 Å². The van der Waals surface area contributed by atoms with E-state index in [1.807, 2.05) is 0 Å². The quantitative estimate of drug-likeness (QED) is 0.704. The number of hydrogen-bond acceptors (Lipinski definition) is 3. The summed E-state index contributed by atoms with van der Waals surface area (Å²) in [7, 11) is 0. The van der Waals surface area contributed by atoms with Crippen molar-refractivity contribution < 1.29 is 9.50 Å². The van der Waals surface area contributed by atoms with Crippen LogP contribution >= 0.6 is 12.6 Å². The number of aromatic nitrogens is 1. The molecular weight excluding hydrogens is 177 g/mol. The zero-order chi connectivity index (χ0) is 8.97. The number of rotatable bonds is 3. The lowest BCUT2D eigenvalue weighted by atomic mass is 10.2. The fraction of sp³-hybridized carbons (Fsp3) is 0.375. The van der Waals surface area contributed by atoms with Crippen LogP contribution in [0, 0.1) is 5.82 Å². The summed E-state index contributed by atoms with van der Waals surface area (Å²) < 4.78 is 12.4. The number of aliphatic hydroxyl groups is 1. The Morgan fingerprint density at radius 3 is 2.83 bits per heavy atom. The third-order valence-electron chi connectivity index (χ3n) is 1.49. The second kappa shape index (κ2) is 4.42. The molecule has 1 aromatic heterocycles. The molecule has 1 N–H and O–H groups in total. The van der Waals surface area contributed by atoms with Crippen LogP contribution in [0.4, 0.5) is 4.39 Å². The molecule has 0 bridgehead atoms. The molecule has 1 atom stereocenters. The lowest BCUT2D eigenvalue weighted by molar-refractivity contribution is 0.170. The number of thiol groups is 1. The lowest BCUT2D eigenvalue weighted by Crippen LogP contribution is -2.00. The van der Waals surface area contributed by atoms with Gasteiger partial charge in [0, 0.05) is 0 Å². The summed E-state index contributed by atoms with van der Waals surface area (Å²) in [5, 5.41) is 9.38. The summed E-state index contributed by atoms with van der Waals surface area (Å²) in [4.78, 5) is 3.74. The van der Waals surface area contributed by atoms with Crippen molar-refractivity contribution in [3.8, 4) is 0 Å². The minimum absolute atomic E-state index is 0.392. The van der Waals surface area contributed by atoms with Crippen molar-refractivity contribution in [3.63, 3.8) is 0 Å². The fourth-order valence-electron chi connectivity index (χ4n) is 0.855. The second-order valence-electron chi connectivity index (χ2n) is 2.43. The van der Waals surface area contributed by atoms with E-state index in [-0.39, 0.29) is 0 Å². The lowest BCUT2D eigenvalue weighted by Gasteiger charge is -2.06. The molecule has 66 valence electrons. The highest BCUT2D eigenvalue weighted by Gasteiger charge is 2.06. The van der Waals surface area contributed by atoms with E-state index in [0.29, 0.717) is 17.9 Å². The van der Waals surface area contributed by atoms with Gasteiger partial charge in [-0.25, -0.2) is 4.39 Å². The van der Waals surface area contributed by atoms with Gasteiger partial charge in [-0.15, -0.1) is 0 Å². The van der Waals surface area contributed by atoms with E-state index < -0.39 is 11.9 Å². The van der Waals surface area contributed by atoms with E-state index in [0.717, 1.165) is 6.20 Å². The van der Waals surface area contributed by atoms with Gasteiger partial charge in [-0.2, -0.15) is 12.6 Å². The van der Waals surface area contributed by atoms with E-state index >= 15 is 0 Å². The highest BCUT2D eigenvalue weighted by Crippen LogP contribution is 2.14. The van der Waals surface area contributed by atoms with Crippen LogP contribution < -0.4 is 0 Å². The van der Waals surface area contributed by atoms with E-state index in [9.17, 15) is 9.50 Å². The maximum absolute atomic E-state index is 12.4. The van der Waals surface area contributed by atoms with Crippen molar-refractivity contribution in [2.45, 2.75) is 12.5 Å². The highest BCUT2D eigenvalue weighted by molar-refractivity contribution is 7.80. The third kappa shape index (κ3) is 2.46. The van der Waals surface area contributed by atoms with Gasteiger partial charge in [0.1, 0.15) is 5.82 Å². The molecule has 0 saturated heterocycles. The van der Waals surface area contributed by atoms with Crippen molar-refractivity contribution >= 4 is 12.6 Å². The first kappa shape index (κ1) is 9.48. The SMILES string of the molecule is OC(CCS)c1ccc(F)cn1. The fourth-order valence-corrected chi connectivity index (χ4v) is 1.10. The van der Waals surface area contributed by atoms with Gasteiger partial charge in [0.2, 0.25) is 0 Å². The Hall–Kier alpha value is -0.610. The van der Waals surface area contributed by atoms with E-state index in [1.54, 1.807) is 0 Å². The second-order valence-corrected chi connectivity index (χ2v) is 2.88. The first-order valence-corrected chi connectivity index (χ1v) is 4.27. The smallest absolute Gasteiger partial charge is 0.141 e. The summed E-state index contributed by atoms with van der Waals surface area (Å²) in [5.41, 5.74) is 0.491. The Kier molecular flexibility index (Phi) is 3.49. The standard InChI is InChI=1S/C8H10FNOS/c9-6-1-2-7(10-5-6)8(11)3-4-12/h1-2,5,8,11-12H,3-4H2. The summed E-state index contributed by atoms with van der Waals surface area (Å²) in [6.45, 7) is 0. The number of hydrogen-bond donors (Lipinski definition) is 2. The predicted molar refractivity (Wildman–Crippen MR) is 47.6 cm³/mol. The first-order chi connectivity index (χ1) is 5.74. The Morgan fingerprint density at radius 2 is 2.33 bits per heavy atom. The molecule has 0 spiro atoms. The van der Waals surface area contributed by atoms with Crippen molar-refractivity contribution in [1.82, 2.24) is 4.98 Å². The molecule has 1 heterocycles. The molecule has 1 aromatic rings. The Bertz CT molecular complexity index is 239. The molecule has 1 rings (SSSR count). The van der Waals surface area contributed by atoms with Crippen LogP contribution in [0.15, 0.2) is 18.3 Å². The highest BCUT2D eigenvalue weighted by atomic mass is 32.1. The van der Waals surface area contributed by atoms with Crippen LogP contribution in [0.2, 0.25) is 0 Å². The van der Waals surface area contributed by atoms with Crippen molar-refractivity contribution in [2.24, 2.45) is 0 Å². The molecule has 0 aliphatic rings. The molecule has 1 unspecified atom stereocenters. The molecule has 2 nitrogen and oxygen atoms in total. The van der Waals surface area contributed by atoms with E-state index in [4.69, 9.17) is 0 Å². The summed E-state index contributed by atoms with van der Waals surface area (Å²) in [6.07, 6.45) is 0.988. The Balaban J connectivity index is 2.68. The van der Waals surface area contributed by atoms with Gasteiger partial charge in [-0.3, -0.25) is 4.98 Å². The minimum atomic E-state index is -0.636. The predicted octanol–water partition coefficient (Wildman–Crippen LogP) is 1.57. The molecule has 4 heteroatoms. The topological polar surface area (TPSA) is 33.1 Å². The van der Waals surface area contributed by atoms with Crippen LogP contribution in [0.3, 0.4) is 0 Å². The maximum Gasteiger partial charge on any atom is 0.141 e. The molecule has 0 aromatic carbocycles. The van der Waals surface area contributed by atoms with Crippen molar-refractivity contribution in [2.75, 3.05) is 5.75 Å². The molecule has 0 aliphatic carbocycles. The Morgan fingerprint density at radius 1 is 1.58 bits per heavy atom. The average molecular weight is 187 g/mol. The monoisotopic (exact) mass is 187 g/mol. The Labute approximate surface area is 75.9 Å². The molecule has 0 radical (unpaired) electrons. The van der Waals surface area contributed by atoms with Gasteiger partial charge in [-0.05, 0) is 24.3 Å². The van der Waals surface area contributed by atoms with Gasteiger partial charge in [0.25, 0.3) is 0 Å². The summed E-state index contributed by atoms with van der Waals surface area (Å²) in [6, 6.07) is 2.76. The van der Waals surface area contributed by atoms with E-state index in [2.05, 4.69) is 17.6 Å². The van der Waals surface area contributed by atoms with Crippen molar-refractivity contribution in [3.05, 3.63) is 29.8 Å². The molecule has 0 fully saturated rings. The molecule has 0 saturated carbocycles. The number of pyridine rings is 1. The molecule has 0 amide bonds. The van der Waals surface area contributed by atoms with Gasteiger partial charge in [0.05, 0.1) is 18.0 Å². The summed E-state index contributed by atoms with van der Waals surface area (Å²) >= 11 is 3.97. The average Bonchev–Trinajstić information content (AvgIpc) is 2.06. The van der Waals surface area contributed by atoms with Crippen LogP contribution in [0.5, 0.6) is 0 Å². The first-order valence-electron chi connectivity index (χ1n) is 3.64. The molecular formula is C8H10FNOS.